The molecule has 3 heteroatoms. The van der Waals surface area contributed by atoms with Gasteiger partial charge in [-0.05, 0) is 50.0 Å². The molecule has 1 aliphatic rings. The van der Waals surface area contributed by atoms with Gasteiger partial charge in [-0.15, -0.1) is 0 Å². The Hall–Kier alpha value is -1.48. The van der Waals surface area contributed by atoms with Crippen LogP contribution in [0, 0.1) is 0 Å². The SMILES string of the molecule is CC(C)Oc1cccc(C(N)C2=COCCC2)c1. The highest BCUT2D eigenvalue weighted by Gasteiger charge is 2.15. The minimum absolute atomic E-state index is 0.0963. The molecule has 2 rings (SSSR count). The lowest BCUT2D eigenvalue weighted by atomic mass is 9.96. The molecule has 1 aromatic carbocycles. The molecule has 0 fully saturated rings. The third-order valence-corrected chi connectivity index (χ3v) is 2.95. The van der Waals surface area contributed by atoms with E-state index in [1.165, 1.54) is 0 Å². The van der Waals surface area contributed by atoms with Gasteiger partial charge in [-0.25, -0.2) is 0 Å². The maximum atomic E-state index is 6.27. The van der Waals surface area contributed by atoms with Crippen molar-refractivity contribution in [2.45, 2.75) is 38.8 Å². The predicted octanol–water partition coefficient (Wildman–Crippen LogP) is 3.17. The van der Waals surface area contributed by atoms with Gasteiger partial charge in [0, 0.05) is 0 Å². The third kappa shape index (κ3) is 3.26. The van der Waals surface area contributed by atoms with Crippen molar-refractivity contribution in [3.8, 4) is 5.75 Å². The van der Waals surface area contributed by atoms with Crippen LogP contribution in [0.5, 0.6) is 5.75 Å². The number of ether oxygens (including phenoxy) is 2. The van der Waals surface area contributed by atoms with Gasteiger partial charge >= 0.3 is 0 Å². The van der Waals surface area contributed by atoms with E-state index in [1.807, 2.05) is 44.4 Å². The van der Waals surface area contributed by atoms with Crippen LogP contribution in [0.3, 0.4) is 0 Å². The Bertz CT molecular complexity index is 426. The average molecular weight is 247 g/mol. The Morgan fingerprint density at radius 2 is 2.17 bits per heavy atom. The van der Waals surface area contributed by atoms with Crippen molar-refractivity contribution in [2.24, 2.45) is 5.73 Å². The van der Waals surface area contributed by atoms with E-state index in [-0.39, 0.29) is 12.1 Å². The second kappa shape index (κ2) is 5.91. The molecule has 2 N–H and O–H groups in total. The molecular formula is C15H21NO2. The van der Waals surface area contributed by atoms with E-state index in [1.54, 1.807) is 0 Å². The zero-order chi connectivity index (χ0) is 13.0. The first-order valence-corrected chi connectivity index (χ1v) is 6.49. The van der Waals surface area contributed by atoms with Gasteiger partial charge < -0.3 is 15.2 Å². The van der Waals surface area contributed by atoms with Gasteiger partial charge in [0.15, 0.2) is 0 Å². The molecule has 0 radical (unpaired) electrons. The van der Waals surface area contributed by atoms with Gasteiger partial charge in [0.2, 0.25) is 0 Å². The molecule has 1 unspecified atom stereocenters. The molecule has 1 heterocycles. The molecule has 1 aromatic rings. The molecule has 0 amide bonds. The van der Waals surface area contributed by atoms with Crippen LogP contribution in [-0.2, 0) is 4.74 Å². The summed E-state index contributed by atoms with van der Waals surface area (Å²) < 4.78 is 11.0. The standard InChI is InChI=1S/C15H21NO2/c1-11(2)18-14-7-3-5-12(9-14)15(16)13-6-4-8-17-10-13/h3,5,7,9-11,15H,4,6,8,16H2,1-2H3. The van der Waals surface area contributed by atoms with Gasteiger partial charge in [0.25, 0.3) is 0 Å². The first-order chi connectivity index (χ1) is 8.66. The Morgan fingerprint density at radius 1 is 1.33 bits per heavy atom. The van der Waals surface area contributed by atoms with Gasteiger partial charge in [0.1, 0.15) is 5.75 Å². The van der Waals surface area contributed by atoms with E-state index in [9.17, 15) is 0 Å². The van der Waals surface area contributed by atoms with E-state index in [0.29, 0.717) is 0 Å². The summed E-state index contributed by atoms with van der Waals surface area (Å²) in [5.41, 5.74) is 8.50. The molecule has 98 valence electrons. The van der Waals surface area contributed by atoms with Crippen LogP contribution in [0.15, 0.2) is 36.1 Å². The van der Waals surface area contributed by atoms with Crippen LogP contribution in [0.1, 0.15) is 38.3 Å². The smallest absolute Gasteiger partial charge is 0.120 e. The maximum Gasteiger partial charge on any atom is 0.120 e. The van der Waals surface area contributed by atoms with E-state index in [0.717, 1.165) is 36.3 Å². The monoisotopic (exact) mass is 247 g/mol. The van der Waals surface area contributed by atoms with E-state index in [2.05, 4.69) is 0 Å². The third-order valence-electron chi connectivity index (χ3n) is 2.95. The van der Waals surface area contributed by atoms with Crippen molar-refractivity contribution in [2.75, 3.05) is 6.61 Å². The topological polar surface area (TPSA) is 44.5 Å². The molecule has 3 nitrogen and oxygen atoms in total. The first-order valence-electron chi connectivity index (χ1n) is 6.49. The Balaban J connectivity index is 2.14. The molecule has 0 spiro atoms. The largest absolute Gasteiger partial charge is 0.501 e. The highest BCUT2D eigenvalue weighted by atomic mass is 16.5. The lowest BCUT2D eigenvalue weighted by Gasteiger charge is -2.20. The molecule has 0 aromatic heterocycles. The van der Waals surface area contributed by atoms with Crippen LogP contribution in [0.25, 0.3) is 0 Å². The minimum atomic E-state index is -0.0963. The molecule has 18 heavy (non-hydrogen) atoms. The fourth-order valence-corrected chi connectivity index (χ4v) is 2.08. The summed E-state index contributed by atoms with van der Waals surface area (Å²) in [5.74, 6) is 0.871. The second-order valence-corrected chi connectivity index (χ2v) is 4.88. The predicted molar refractivity (Wildman–Crippen MR) is 72.4 cm³/mol. The second-order valence-electron chi connectivity index (χ2n) is 4.88. The number of nitrogens with two attached hydrogens (primary N) is 1. The summed E-state index contributed by atoms with van der Waals surface area (Å²) in [6.07, 6.45) is 4.04. The van der Waals surface area contributed by atoms with Crippen LogP contribution < -0.4 is 10.5 Å². The van der Waals surface area contributed by atoms with Crippen molar-refractivity contribution in [3.05, 3.63) is 41.7 Å². The van der Waals surface area contributed by atoms with Crippen molar-refractivity contribution >= 4 is 0 Å². The molecule has 0 saturated carbocycles. The van der Waals surface area contributed by atoms with Crippen LogP contribution in [0.2, 0.25) is 0 Å². The molecule has 0 bridgehead atoms. The van der Waals surface area contributed by atoms with Gasteiger partial charge in [0.05, 0.1) is 25.0 Å². The molecule has 0 saturated heterocycles. The molecule has 1 aliphatic heterocycles. The van der Waals surface area contributed by atoms with Gasteiger partial charge in [-0.2, -0.15) is 0 Å². The van der Waals surface area contributed by atoms with Crippen molar-refractivity contribution < 1.29 is 9.47 Å². The summed E-state index contributed by atoms with van der Waals surface area (Å²) in [6, 6.07) is 7.90. The quantitative estimate of drug-likeness (QED) is 0.888. The Labute approximate surface area is 109 Å². The van der Waals surface area contributed by atoms with Crippen LogP contribution in [0.4, 0.5) is 0 Å². The Kier molecular flexibility index (Phi) is 4.26. The Morgan fingerprint density at radius 3 is 2.83 bits per heavy atom. The fraction of sp³-hybridized carbons (Fsp3) is 0.467. The average Bonchev–Trinajstić information content (AvgIpc) is 2.38. The summed E-state index contributed by atoms with van der Waals surface area (Å²) in [6.45, 7) is 4.83. The highest BCUT2D eigenvalue weighted by Crippen LogP contribution is 2.27. The number of benzene rings is 1. The van der Waals surface area contributed by atoms with Crippen molar-refractivity contribution in [1.82, 2.24) is 0 Å². The zero-order valence-corrected chi connectivity index (χ0v) is 11.1. The summed E-state index contributed by atoms with van der Waals surface area (Å²) in [4.78, 5) is 0. The number of hydrogen-bond acceptors (Lipinski definition) is 3. The number of rotatable bonds is 4. The minimum Gasteiger partial charge on any atom is -0.501 e. The van der Waals surface area contributed by atoms with Crippen LogP contribution in [-0.4, -0.2) is 12.7 Å². The summed E-state index contributed by atoms with van der Waals surface area (Å²) in [5, 5.41) is 0. The van der Waals surface area contributed by atoms with Crippen LogP contribution >= 0.6 is 0 Å². The van der Waals surface area contributed by atoms with E-state index >= 15 is 0 Å². The molecule has 0 aliphatic carbocycles. The normalized spacial score (nSPS) is 17.0. The zero-order valence-electron chi connectivity index (χ0n) is 11.1. The lowest BCUT2D eigenvalue weighted by Crippen LogP contribution is -2.16. The van der Waals surface area contributed by atoms with Gasteiger partial charge in [-0.3, -0.25) is 0 Å². The molecular weight excluding hydrogens is 226 g/mol. The fourth-order valence-electron chi connectivity index (χ4n) is 2.08. The molecule has 1 atom stereocenters. The maximum absolute atomic E-state index is 6.27. The first kappa shape index (κ1) is 13.0. The van der Waals surface area contributed by atoms with Gasteiger partial charge in [-0.1, -0.05) is 12.1 Å². The van der Waals surface area contributed by atoms with Crippen molar-refractivity contribution in [3.63, 3.8) is 0 Å². The van der Waals surface area contributed by atoms with E-state index in [4.69, 9.17) is 15.2 Å². The number of hydrogen-bond donors (Lipinski definition) is 1. The lowest BCUT2D eigenvalue weighted by molar-refractivity contribution is 0.221. The summed E-state index contributed by atoms with van der Waals surface area (Å²) >= 11 is 0. The van der Waals surface area contributed by atoms with Crippen molar-refractivity contribution in [1.29, 1.82) is 0 Å². The van der Waals surface area contributed by atoms with E-state index < -0.39 is 0 Å². The highest BCUT2D eigenvalue weighted by molar-refractivity contribution is 5.34. The summed E-state index contributed by atoms with van der Waals surface area (Å²) in [7, 11) is 0.